The molecule has 0 heterocycles. The van der Waals surface area contributed by atoms with Crippen molar-refractivity contribution in [2.75, 3.05) is 5.73 Å². The summed E-state index contributed by atoms with van der Waals surface area (Å²) in [4.78, 5) is 0. The van der Waals surface area contributed by atoms with E-state index in [1.165, 1.54) is 18.2 Å². The molecule has 0 aromatic heterocycles. The molecule has 0 spiro atoms. The first kappa shape index (κ1) is 11.9. The van der Waals surface area contributed by atoms with Crippen LogP contribution in [-0.2, 0) is 0 Å². The lowest BCUT2D eigenvalue weighted by Gasteiger charge is -2.10. The zero-order valence-electron chi connectivity index (χ0n) is 9.02. The molecule has 0 amide bonds. The number of nitrogen functional groups attached to an aromatic ring is 1. The van der Waals surface area contributed by atoms with Gasteiger partial charge in [0.25, 0.3) is 0 Å². The van der Waals surface area contributed by atoms with Crippen LogP contribution in [0.3, 0.4) is 0 Å². The van der Waals surface area contributed by atoms with E-state index in [9.17, 15) is 8.78 Å². The van der Waals surface area contributed by atoms with Crippen LogP contribution in [0.25, 0.3) is 11.1 Å². The Hall–Kier alpha value is -1.61. The van der Waals surface area contributed by atoms with Gasteiger partial charge in [0, 0.05) is 22.3 Å². The number of benzene rings is 2. The molecule has 1 radical (unpaired) electrons. The SMILES string of the molecule is Cc1c(Cl)c[c]c(-c2cc(F)cc(F)c2)c1N. The number of nitrogens with two attached hydrogens (primary N) is 1. The minimum atomic E-state index is -0.652. The molecule has 0 saturated carbocycles. The quantitative estimate of drug-likeness (QED) is 0.764. The van der Waals surface area contributed by atoms with Gasteiger partial charge in [-0.1, -0.05) is 11.6 Å². The van der Waals surface area contributed by atoms with E-state index >= 15 is 0 Å². The van der Waals surface area contributed by atoms with E-state index in [4.69, 9.17) is 17.3 Å². The van der Waals surface area contributed by atoms with Crippen molar-refractivity contribution in [1.29, 1.82) is 0 Å². The van der Waals surface area contributed by atoms with Crippen molar-refractivity contribution in [2.45, 2.75) is 6.92 Å². The molecule has 1 nitrogen and oxygen atoms in total. The maximum atomic E-state index is 13.1. The highest BCUT2D eigenvalue weighted by atomic mass is 35.5. The van der Waals surface area contributed by atoms with Gasteiger partial charge in [0.05, 0.1) is 0 Å². The lowest BCUT2D eigenvalue weighted by Crippen LogP contribution is -1.95. The number of anilines is 1. The minimum absolute atomic E-state index is 0.347. The van der Waals surface area contributed by atoms with Gasteiger partial charge in [-0.05, 0) is 42.3 Å². The molecule has 4 heteroatoms. The molecule has 0 fully saturated rings. The van der Waals surface area contributed by atoms with Gasteiger partial charge < -0.3 is 5.73 Å². The fraction of sp³-hybridized carbons (Fsp3) is 0.0769. The smallest absolute Gasteiger partial charge is 0.126 e. The van der Waals surface area contributed by atoms with Crippen molar-refractivity contribution in [1.82, 2.24) is 0 Å². The highest BCUT2D eigenvalue weighted by Crippen LogP contribution is 2.32. The van der Waals surface area contributed by atoms with Crippen molar-refractivity contribution < 1.29 is 8.78 Å². The molecule has 2 aromatic rings. The second-order valence-electron chi connectivity index (χ2n) is 3.71. The van der Waals surface area contributed by atoms with Crippen LogP contribution >= 0.6 is 11.6 Å². The molecule has 2 rings (SSSR count). The highest BCUT2D eigenvalue weighted by Gasteiger charge is 2.10. The number of halogens is 3. The van der Waals surface area contributed by atoms with E-state index in [0.717, 1.165) is 6.07 Å². The summed E-state index contributed by atoms with van der Waals surface area (Å²) in [6.45, 7) is 1.74. The Labute approximate surface area is 103 Å². The predicted octanol–water partition coefficient (Wildman–Crippen LogP) is 3.98. The van der Waals surface area contributed by atoms with Gasteiger partial charge in [0.15, 0.2) is 0 Å². The maximum absolute atomic E-state index is 13.1. The van der Waals surface area contributed by atoms with Crippen LogP contribution in [0, 0.1) is 24.6 Å². The monoisotopic (exact) mass is 252 g/mol. The average Bonchev–Trinajstić information content (AvgIpc) is 2.24. The molecular weight excluding hydrogens is 244 g/mol. The minimum Gasteiger partial charge on any atom is -0.398 e. The summed E-state index contributed by atoms with van der Waals surface area (Å²) in [5.74, 6) is -1.30. The Bertz CT molecular complexity index is 562. The molecular formula is C13H9ClF2N. The van der Waals surface area contributed by atoms with Gasteiger partial charge in [-0.3, -0.25) is 0 Å². The third-order valence-electron chi connectivity index (χ3n) is 2.53. The Kier molecular flexibility index (Phi) is 3.03. The van der Waals surface area contributed by atoms with E-state index in [0.29, 0.717) is 27.4 Å². The Morgan fingerprint density at radius 3 is 2.35 bits per heavy atom. The van der Waals surface area contributed by atoms with Gasteiger partial charge in [0.2, 0.25) is 0 Å². The molecule has 0 saturated heterocycles. The van der Waals surface area contributed by atoms with Crippen LogP contribution < -0.4 is 5.73 Å². The summed E-state index contributed by atoms with van der Waals surface area (Å²) < 4.78 is 26.2. The van der Waals surface area contributed by atoms with Gasteiger partial charge in [-0.15, -0.1) is 0 Å². The summed E-state index contributed by atoms with van der Waals surface area (Å²) in [5, 5.41) is 0.475. The Morgan fingerprint density at radius 1 is 1.18 bits per heavy atom. The van der Waals surface area contributed by atoms with Crippen molar-refractivity contribution in [3.8, 4) is 11.1 Å². The lowest BCUT2D eigenvalue weighted by atomic mass is 10.0. The largest absolute Gasteiger partial charge is 0.398 e. The molecule has 0 bridgehead atoms. The maximum Gasteiger partial charge on any atom is 0.126 e. The van der Waals surface area contributed by atoms with Crippen LogP contribution in [-0.4, -0.2) is 0 Å². The third-order valence-corrected chi connectivity index (χ3v) is 2.92. The van der Waals surface area contributed by atoms with Crippen LogP contribution in [0.5, 0.6) is 0 Å². The highest BCUT2D eigenvalue weighted by molar-refractivity contribution is 6.31. The van der Waals surface area contributed by atoms with Gasteiger partial charge in [0.1, 0.15) is 11.6 Å². The summed E-state index contributed by atoms with van der Waals surface area (Å²) in [6.07, 6.45) is 0. The lowest BCUT2D eigenvalue weighted by molar-refractivity contribution is 0.584. The van der Waals surface area contributed by atoms with E-state index in [1.807, 2.05) is 0 Å². The van der Waals surface area contributed by atoms with E-state index in [1.54, 1.807) is 6.92 Å². The molecule has 2 aromatic carbocycles. The van der Waals surface area contributed by atoms with Crippen LogP contribution in [0.2, 0.25) is 5.02 Å². The zero-order chi connectivity index (χ0) is 12.6. The summed E-state index contributed by atoms with van der Waals surface area (Å²) in [7, 11) is 0. The molecule has 0 unspecified atom stereocenters. The van der Waals surface area contributed by atoms with E-state index in [-0.39, 0.29) is 0 Å². The van der Waals surface area contributed by atoms with Crippen molar-refractivity contribution in [3.05, 3.63) is 52.6 Å². The fourth-order valence-electron chi connectivity index (χ4n) is 1.57. The molecule has 0 atom stereocenters. The van der Waals surface area contributed by atoms with Crippen molar-refractivity contribution >= 4 is 17.3 Å². The molecule has 2 N–H and O–H groups in total. The van der Waals surface area contributed by atoms with Crippen molar-refractivity contribution in [2.24, 2.45) is 0 Å². The molecule has 0 aliphatic rings. The normalized spacial score (nSPS) is 10.6. The van der Waals surface area contributed by atoms with Crippen LogP contribution in [0.1, 0.15) is 5.56 Å². The number of hydrogen-bond acceptors (Lipinski definition) is 1. The summed E-state index contributed by atoms with van der Waals surface area (Å²) in [5.41, 5.74) is 7.70. The van der Waals surface area contributed by atoms with Crippen LogP contribution in [0.4, 0.5) is 14.5 Å². The second kappa shape index (κ2) is 4.34. The van der Waals surface area contributed by atoms with Gasteiger partial charge >= 0.3 is 0 Å². The third kappa shape index (κ3) is 2.24. The molecule has 17 heavy (non-hydrogen) atoms. The first-order valence-corrected chi connectivity index (χ1v) is 5.29. The first-order valence-electron chi connectivity index (χ1n) is 4.92. The second-order valence-corrected chi connectivity index (χ2v) is 4.12. The predicted molar refractivity (Wildman–Crippen MR) is 64.8 cm³/mol. The van der Waals surface area contributed by atoms with E-state index in [2.05, 4.69) is 6.07 Å². The average molecular weight is 253 g/mol. The van der Waals surface area contributed by atoms with Crippen LogP contribution in [0.15, 0.2) is 24.3 Å². The zero-order valence-corrected chi connectivity index (χ0v) is 9.78. The Morgan fingerprint density at radius 2 is 1.76 bits per heavy atom. The standard InChI is InChI=1S/C13H9ClF2N/c1-7-12(14)3-2-11(13(7)17)8-4-9(15)6-10(16)5-8/h3-6H,17H2,1H3. The van der Waals surface area contributed by atoms with Gasteiger partial charge in [-0.2, -0.15) is 0 Å². The number of rotatable bonds is 1. The van der Waals surface area contributed by atoms with Gasteiger partial charge in [-0.25, -0.2) is 8.78 Å². The molecule has 0 aliphatic carbocycles. The first-order chi connectivity index (χ1) is 7.99. The molecule has 0 aliphatic heterocycles. The number of hydrogen-bond donors (Lipinski definition) is 1. The summed E-state index contributed by atoms with van der Waals surface area (Å²) >= 11 is 5.88. The fourth-order valence-corrected chi connectivity index (χ4v) is 1.73. The summed E-state index contributed by atoms with van der Waals surface area (Å²) in [6, 6.07) is 7.58. The topological polar surface area (TPSA) is 26.0 Å². The van der Waals surface area contributed by atoms with E-state index < -0.39 is 11.6 Å². The Balaban J connectivity index is 2.64. The van der Waals surface area contributed by atoms with Crippen molar-refractivity contribution in [3.63, 3.8) is 0 Å². The molecule has 87 valence electrons.